The number of rotatable bonds is 3. The van der Waals surface area contributed by atoms with Gasteiger partial charge < -0.3 is 9.84 Å². The number of nitrogens with zero attached hydrogens (tertiary/aromatic N) is 1. The Kier molecular flexibility index (Phi) is 3.06. The molecule has 2 atom stereocenters. The maximum atomic E-state index is 10.2. The second-order valence-corrected chi connectivity index (χ2v) is 5.56. The Hall–Kier alpha value is -1.39. The van der Waals surface area contributed by atoms with Gasteiger partial charge in [-0.15, -0.1) is 11.3 Å². The molecule has 1 N–H and O–H groups in total. The first-order chi connectivity index (χ1) is 8.72. The first-order valence-corrected chi connectivity index (χ1v) is 6.94. The van der Waals surface area contributed by atoms with Crippen LogP contribution in [0.1, 0.15) is 16.3 Å². The average Bonchev–Trinajstić information content (AvgIpc) is 2.95. The zero-order valence-corrected chi connectivity index (χ0v) is 11.0. The molecule has 0 saturated carbocycles. The molecule has 2 heterocycles. The van der Waals surface area contributed by atoms with E-state index in [9.17, 15) is 5.11 Å². The SMILES string of the molecule is Cc1csc(CC(O)C2Cc3ccccc3O2)n1. The van der Waals surface area contributed by atoms with Crippen molar-refractivity contribution in [3.05, 3.63) is 45.9 Å². The molecule has 2 unspecified atom stereocenters. The van der Waals surface area contributed by atoms with Gasteiger partial charge in [0, 0.05) is 23.9 Å². The topological polar surface area (TPSA) is 42.4 Å². The lowest BCUT2D eigenvalue weighted by Gasteiger charge is -2.16. The smallest absolute Gasteiger partial charge is 0.129 e. The summed E-state index contributed by atoms with van der Waals surface area (Å²) in [6, 6.07) is 7.96. The van der Waals surface area contributed by atoms with E-state index >= 15 is 0 Å². The number of aliphatic hydroxyl groups excluding tert-OH is 1. The van der Waals surface area contributed by atoms with Gasteiger partial charge in [-0.3, -0.25) is 0 Å². The average molecular weight is 261 g/mol. The molecule has 94 valence electrons. The van der Waals surface area contributed by atoms with Crippen LogP contribution >= 0.6 is 11.3 Å². The van der Waals surface area contributed by atoms with Gasteiger partial charge in [0.15, 0.2) is 0 Å². The predicted molar refractivity (Wildman–Crippen MR) is 71.1 cm³/mol. The number of fused-ring (bicyclic) bond motifs is 1. The van der Waals surface area contributed by atoms with Crippen LogP contribution in [0.25, 0.3) is 0 Å². The first-order valence-electron chi connectivity index (χ1n) is 6.06. The molecule has 0 amide bonds. The lowest BCUT2D eigenvalue weighted by atomic mass is 10.0. The highest BCUT2D eigenvalue weighted by Crippen LogP contribution is 2.30. The summed E-state index contributed by atoms with van der Waals surface area (Å²) in [6.45, 7) is 1.97. The van der Waals surface area contributed by atoms with Gasteiger partial charge in [0.1, 0.15) is 11.9 Å². The maximum Gasteiger partial charge on any atom is 0.129 e. The number of benzene rings is 1. The van der Waals surface area contributed by atoms with Gasteiger partial charge in [0.2, 0.25) is 0 Å². The van der Waals surface area contributed by atoms with Gasteiger partial charge in [0.25, 0.3) is 0 Å². The molecule has 2 aromatic rings. The molecule has 0 saturated heterocycles. The van der Waals surface area contributed by atoms with E-state index in [0.717, 1.165) is 22.9 Å². The summed E-state index contributed by atoms with van der Waals surface area (Å²) in [5.74, 6) is 0.900. The van der Waals surface area contributed by atoms with Crippen LogP contribution in [-0.4, -0.2) is 22.3 Å². The molecule has 1 aliphatic heterocycles. The van der Waals surface area contributed by atoms with Gasteiger partial charge in [-0.2, -0.15) is 0 Å². The van der Waals surface area contributed by atoms with Crippen LogP contribution in [0.5, 0.6) is 5.75 Å². The van der Waals surface area contributed by atoms with E-state index in [1.54, 1.807) is 11.3 Å². The summed E-state index contributed by atoms with van der Waals surface area (Å²) in [7, 11) is 0. The van der Waals surface area contributed by atoms with Gasteiger partial charge in [-0.25, -0.2) is 4.98 Å². The molecule has 0 spiro atoms. The summed E-state index contributed by atoms with van der Waals surface area (Å²) in [5.41, 5.74) is 2.19. The fraction of sp³-hybridized carbons (Fsp3) is 0.357. The molecule has 0 fully saturated rings. The van der Waals surface area contributed by atoms with E-state index in [2.05, 4.69) is 11.1 Å². The Bertz CT molecular complexity index is 527. The molecule has 0 radical (unpaired) electrons. The van der Waals surface area contributed by atoms with E-state index < -0.39 is 6.10 Å². The highest BCUT2D eigenvalue weighted by Gasteiger charge is 2.29. The van der Waals surface area contributed by atoms with Crippen molar-refractivity contribution in [1.82, 2.24) is 4.98 Å². The van der Waals surface area contributed by atoms with Crippen molar-refractivity contribution in [3.63, 3.8) is 0 Å². The summed E-state index contributed by atoms with van der Waals surface area (Å²) in [5, 5.41) is 13.2. The maximum absolute atomic E-state index is 10.2. The number of para-hydroxylation sites is 1. The van der Waals surface area contributed by atoms with Crippen molar-refractivity contribution in [2.45, 2.75) is 32.0 Å². The lowest BCUT2D eigenvalue weighted by molar-refractivity contribution is 0.0502. The van der Waals surface area contributed by atoms with Crippen molar-refractivity contribution >= 4 is 11.3 Å². The molecule has 0 aliphatic carbocycles. The second-order valence-electron chi connectivity index (χ2n) is 4.62. The molecule has 18 heavy (non-hydrogen) atoms. The quantitative estimate of drug-likeness (QED) is 0.922. The third-order valence-corrected chi connectivity index (χ3v) is 4.14. The van der Waals surface area contributed by atoms with Crippen LogP contribution in [0.15, 0.2) is 29.6 Å². The van der Waals surface area contributed by atoms with Crippen LogP contribution in [0.2, 0.25) is 0 Å². The molecular weight excluding hydrogens is 246 g/mol. The summed E-state index contributed by atoms with van der Waals surface area (Å²) in [6.07, 6.45) is 0.702. The van der Waals surface area contributed by atoms with E-state index in [-0.39, 0.29) is 6.10 Å². The zero-order chi connectivity index (χ0) is 12.5. The monoisotopic (exact) mass is 261 g/mol. The van der Waals surface area contributed by atoms with Gasteiger partial charge in [0.05, 0.1) is 11.1 Å². The minimum absolute atomic E-state index is 0.147. The fourth-order valence-corrected chi connectivity index (χ4v) is 3.05. The molecule has 3 nitrogen and oxygen atoms in total. The van der Waals surface area contributed by atoms with Crippen LogP contribution < -0.4 is 4.74 Å². The molecule has 4 heteroatoms. The van der Waals surface area contributed by atoms with E-state index in [1.807, 2.05) is 30.5 Å². The highest BCUT2D eigenvalue weighted by molar-refractivity contribution is 7.09. The molecule has 1 aliphatic rings. The van der Waals surface area contributed by atoms with Crippen molar-refractivity contribution in [1.29, 1.82) is 0 Å². The molecule has 1 aromatic carbocycles. The van der Waals surface area contributed by atoms with Crippen molar-refractivity contribution in [2.75, 3.05) is 0 Å². The Morgan fingerprint density at radius 2 is 2.33 bits per heavy atom. The lowest BCUT2D eigenvalue weighted by Crippen LogP contribution is -2.31. The minimum Gasteiger partial charge on any atom is -0.487 e. The standard InChI is InChI=1S/C14H15NO2S/c1-9-8-18-14(15-9)7-11(16)13-6-10-4-2-3-5-12(10)17-13/h2-5,8,11,13,16H,6-7H2,1H3. The number of hydrogen-bond donors (Lipinski definition) is 1. The highest BCUT2D eigenvalue weighted by atomic mass is 32.1. The Labute approximate surface area is 110 Å². The van der Waals surface area contributed by atoms with Crippen LogP contribution in [0.4, 0.5) is 0 Å². The van der Waals surface area contributed by atoms with E-state index in [4.69, 9.17) is 4.74 Å². The van der Waals surface area contributed by atoms with Crippen molar-refractivity contribution < 1.29 is 9.84 Å². The van der Waals surface area contributed by atoms with E-state index in [0.29, 0.717) is 6.42 Å². The predicted octanol–water partition coefficient (Wildman–Crippen LogP) is 2.36. The van der Waals surface area contributed by atoms with Crippen LogP contribution in [-0.2, 0) is 12.8 Å². The largest absolute Gasteiger partial charge is 0.487 e. The number of thiazole rings is 1. The number of hydrogen-bond acceptors (Lipinski definition) is 4. The normalized spacial score (nSPS) is 19.3. The molecule has 1 aromatic heterocycles. The molecular formula is C14H15NO2S. The van der Waals surface area contributed by atoms with Crippen LogP contribution in [0, 0.1) is 6.92 Å². The molecule has 0 bridgehead atoms. The number of aryl methyl sites for hydroxylation is 1. The number of ether oxygens (including phenoxy) is 1. The van der Waals surface area contributed by atoms with E-state index in [1.165, 1.54) is 5.56 Å². The zero-order valence-electron chi connectivity index (χ0n) is 10.2. The second kappa shape index (κ2) is 4.71. The first kappa shape index (κ1) is 11.7. The number of aromatic nitrogens is 1. The fourth-order valence-electron chi connectivity index (χ4n) is 2.23. The van der Waals surface area contributed by atoms with Crippen LogP contribution in [0.3, 0.4) is 0 Å². The van der Waals surface area contributed by atoms with Crippen molar-refractivity contribution in [2.24, 2.45) is 0 Å². The molecule has 3 rings (SSSR count). The van der Waals surface area contributed by atoms with Gasteiger partial charge >= 0.3 is 0 Å². The summed E-state index contributed by atoms with van der Waals surface area (Å²) >= 11 is 1.59. The van der Waals surface area contributed by atoms with Crippen molar-refractivity contribution in [3.8, 4) is 5.75 Å². The third kappa shape index (κ3) is 2.26. The Balaban J connectivity index is 1.67. The van der Waals surface area contributed by atoms with Gasteiger partial charge in [-0.1, -0.05) is 18.2 Å². The third-order valence-electron chi connectivity index (χ3n) is 3.15. The number of aliphatic hydroxyl groups is 1. The summed E-state index contributed by atoms with van der Waals surface area (Å²) < 4.78 is 5.77. The summed E-state index contributed by atoms with van der Waals surface area (Å²) in [4.78, 5) is 4.37. The van der Waals surface area contributed by atoms with Gasteiger partial charge in [-0.05, 0) is 18.6 Å². The minimum atomic E-state index is -0.497. The Morgan fingerprint density at radius 3 is 3.06 bits per heavy atom. The Morgan fingerprint density at radius 1 is 1.50 bits per heavy atom.